The van der Waals surface area contributed by atoms with Crippen LogP contribution in [0.4, 0.5) is 5.95 Å². The lowest BCUT2D eigenvalue weighted by Gasteiger charge is -2.19. The molecule has 0 amide bonds. The SMILES string of the molecule is CCOc1nc(N)nc2c1ncn2[C@@H](C)C[C@@H](CO)OC. The van der Waals surface area contributed by atoms with Gasteiger partial charge in [0.15, 0.2) is 11.2 Å². The van der Waals surface area contributed by atoms with Gasteiger partial charge in [0.25, 0.3) is 0 Å². The van der Waals surface area contributed by atoms with Crippen LogP contribution in [0.3, 0.4) is 0 Å². The van der Waals surface area contributed by atoms with Gasteiger partial charge in [0.2, 0.25) is 11.8 Å². The molecule has 8 nitrogen and oxygen atoms in total. The largest absolute Gasteiger partial charge is 0.476 e. The number of methoxy groups -OCH3 is 1. The predicted molar refractivity (Wildman–Crippen MR) is 78.1 cm³/mol. The van der Waals surface area contributed by atoms with Crippen molar-refractivity contribution >= 4 is 17.1 Å². The number of hydrogen-bond donors (Lipinski definition) is 2. The summed E-state index contributed by atoms with van der Waals surface area (Å²) in [5.41, 5.74) is 6.93. The molecule has 116 valence electrons. The summed E-state index contributed by atoms with van der Waals surface area (Å²) in [4.78, 5) is 12.6. The fourth-order valence-corrected chi connectivity index (χ4v) is 2.21. The lowest BCUT2D eigenvalue weighted by Crippen LogP contribution is -2.20. The molecule has 0 unspecified atom stereocenters. The molecule has 0 aliphatic heterocycles. The lowest BCUT2D eigenvalue weighted by atomic mass is 10.1. The van der Waals surface area contributed by atoms with E-state index in [0.717, 1.165) is 0 Å². The van der Waals surface area contributed by atoms with E-state index >= 15 is 0 Å². The van der Waals surface area contributed by atoms with E-state index in [9.17, 15) is 5.11 Å². The number of ether oxygens (including phenoxy) is 2. The standard InChI is InChI=1S/C13H21N5O3/c1-4-21-12-10-11(16-13(14)17-12)18(7-15-10)8(2)5-9(6-19)20-3/h7-9,19H,4-6H2,1-3H3,(H2,14,16,17)/t8-,9-/m0/s1. The predicted octanol–water partition coefficient (Wildman–Crippen LogP) is 0.766. The van der Waals surface area contributed by atoms with E-state index in [4.69, 9.17) is 15.2 Å². The van der Waals surface area contributed by atoms with Gasteiger partial charge in [-0.3, -0.25) is 0 Å². The maximum absolute atomic E-state index is 9.23. The quantitative estimate of drug-likeness (QED) is 0.776. The molecule has 0 fully saturated rings. The monoisotopic (exact) mass is 295 g/mol. The van der Waals surface area contributed by atoms with Crippen LogP contribution in [0.1, 0.15) is 26.3 Å². The number of aliphatic hydroxyl groups excluding tert-OH is 1. The van der Waals surface area contributed by atoms with Crippen molar-refractivity contribution in [3.8, 4) is 5.88 Å². The topological polar surface area (TPSA) is 108 Å². The molecule has 0 radical (unpaired) electrons. The molecule has 21 heavy (non-hydrogen) atoms. The first kappa shape index (κ1) is 15.5. The van der Waals surface area contributed by atoms with E-state index in [1.807, 2.05) is 18.4 Å². The smallest absolute Gasteiger partial charge is 0.247 e. The summed E-state index contributed by atoms with van der Waals surface area (Å²) < 4.78 is 12.5. The van der Waals surface area contributed by atoms with E-state index in [0.29, 0.717) is 30.1 Å². The molecular weight excluding hydrogens is 274 g/mol. The highest BCUT2D eigenvalue weighted by atomic mass is 16.5. The molecule has 2 aromatic rings. The van der Waals surface area contributed by atoms with Gasteiger partial charge in [-0.2, -0.15) is 9.97 Å². The third-order valence-electron chi connectivity index (χ3n) is 3.30. The van der Waals surface area contributed by atoms with Crippen LogP contribution in [0.5, 0.6) is 5.88 Å². The van der Waals surface area contributed by atoms with Crippen LogP contribution in [-0.2, 0) is 4.74 Å². The van der Waals surface area contributed by atoms with E-state index < -0.39 is 0 Å². The molecule has 0 bridgehead atoms. The molecule has 2 heterocycles. The highest BCUT2D eigenvalue weighted by molar-refractivity contribution is 5.77. The van der Waals surface area contributed by atoms with E-state index in [1.165, 1.54) is 0 Å². The van der Waals surface area contributed by atoms with Crippen LogP contribution in [0.15, 0.2) is 6.33 Å². The molecule has 2 aromatic heterocycles. The van der Waals surface area contributed by atoms with Gasteiger partial charge in [0.1, 0.15) is 0 Å². The Hall–Kier alpha value is -1.93. The Morgan fingerprint density at radius 3 is 2.81 bits per heavy atom. The minimum atomic E-state index is -0.233. The Morgan fingerprint density at radius 2 is 2.19 bits per heavy atom. The van der Waals surface area contributed by atoms with Gasteiger partial charge in [-0.25, -0.2) is 4.98 Å². The van der Waals surface area contributed by atoms with Crippen LogP contribution in [0, 0.1) is 0 Å². The second-order valence-electron chi connectivity index (χ2n) is 4.77. The summed E-state index contributed by atoms with van der Waals surface area (Å²) in [7, 11) is 1.58. The average molecular weight is 295 g/mol. The number of rotatable bonds is 7. The van der Waals surface area contributed by atoms with E-state index in [2.05, 4.69) is 15.0 Å². The zero-order chi connectivity index (χ0) is 15.4. The zero-order valence-electron chi connectivity index (χ0n) is 12.5. The van der Waals surface area contributed by atoms with Crippen LogP contribution in [-0.4, -0.2) is 51.1 Å². The number of nitrogen functional groups attached to an aromatic ring is 1. The van der Waals surface area contributed by atoms with Crippen LogP contribution < -0.4 is 10.5 Å². The fourth-order valence-electron chi connectivity index (χ4n) is 2.21. The normalized spacial score (nSPS) is 14.3. The van der Waals surface area contributed by atoms with Gasteiger partial charge in [-0.05, 0) is 20.3 Å². The van der Waals surface area contributed by atoms with Crippen molar-refractivity contribution in [1.29, 1.82) is 0 Å². The Morgan fingerprint density at radius 1 is 1.43 bits per heavy atom. The molecular formula is C13H21N5O3. The number of aromatic nitrogens is 4. The number of nitrogens with zero attached hydrogens (tertiary/aromatic N) is 4. The third-order valence-corrected chi connectivity index (χ3v) is 3.30. The van der Waals surface area contributed by atoms with Crippen LogP contribution >= 0.6 is 0 Å². The first-order valence-electron chi connectivity index (χ1n) is 6.87. The van der Waals surface area contributed by atoms with Crippen molar-refractivity contribution < 1.29 is 14.6 Å². The highest BCUT2D eigenvalue weighted by Crippen LogP contribution is 2.26. The number of hydrogen-bond acceptors (Lipinski definition) is 7. The Bertz CT molecular complexity index is 597. The Balaban J connectivity index is 2.36. The molecule has 2 atom stereocenters. The molecule has 0 aromatic carbocycles. The summed E-state index contributed by atoms with van der Waals surface area (Å²) >= 11 is 0. The van der Waals surface area contributed by atoms with Gasteiger partial charge in [0.05, 0.1) is 25.6 Å². The lowest BCUT2D eigenvalue weighted by molar-refractivity contribution is 0.0348. The number of imidazole rings is 1. The molecule has 2 rings (SSSR count). The van der Waals surface area contributed by atoms with Crippen molar-refractivity contribution in [2.75, 3.05) is 26.1 Å². The summed E-state index contributed by atoms with van der Waals surface area (Å²) in [5.74, 6) is 0.529. The summed E-state index contributed by atoms with van der Waals surface area (Å²) in [6, 6.07) is 0.0378. The second kappa shape index (κ2) is 6.68. The first-order valence-corrected chi connectivity index (χ1v) is 6.87. The zero-order valence-corrected chi connectivity index (χ0v) is 12.5. The minimum Gasteiger partial charge on any atom is -0.476 e. The van der Waals surface area contributed by atoms with Crippen molar-refractivity contribution in [2.45, 2.75) is 32.4 Å². The summed E-state index contributed by atoms with van der Waals surface area (Å²) in [6.07, 6.45) is 2.07. The van der Waals surface area contributed by atoms with Crippen molar-refractivity contribution in [2.24, 2.45) is 0 Å². The molecule has 8 heteroatoms. The minimum absolute atomic E-state index is 0.0329. The Kier molecular flexibility index (Phi) is 4.92. The molecule has 0 aliphatic carbocycles. The van der Waals surface area contributed by atoms with Gasteiger partial charge >= 0.3 is 0 Å². The van der Waals surface area contributed by atoms with Crippen molar-refractivity contribution in [3.05, 3.63) is 6.33 Å². The van der Waals surface area contributed by atoms with Gasteiger partial charge in [0, 0.05) is 13.2 Å². The summed E-state index contributed by atoms with van der Waals surface area (Å²) in [6.45, 7) is 4.31. The van der Waals surface area contributed by atoms with E-state index in [-0.39, 0.29) is 24.7 Å². The molecule has 0 spiro atoms. The van der Waals surface area contributed by atoms with Crippen LogP contribution in [0.25, 0.3) is 11.2 Å². The molecule has 0 aliphatic rings. The maximum atomic E-state index is 9.23. The Labute approximate surface area is 122 Å². The number of nitrogens with two attached hydrogens (primary N) is 1. The molecule has 0 saturated carbocycles. The molecule has 3 N–H and O–H groups in total. The van der Waals surface area contributed by atoms with Crippen molar-refractivity contribution in [3.63, 3.8) is 0 Å². The number of fused-ring (bicyclic) bond motifs is 1. The van der Waals surface area contributed by atoms with Gasteiger partial charge < -0.3 is 24.9 Å². The fraction of sp³-hybridized carbons (Fsp3) is 0.615. The number of aliphatic hydroxyl groups is 1. The average Bonchev–Trinajstić information content (AvgIpc) is 2.88. The third kappa shape index (κ3) is 3.22. The maximum Gasteiger partial charge on any atom is 0.247 e. The first-order chi connectivity index (χ1) is 10.1. The van der Waals surface area contributed by atoms with Gasteiger partial charge in [-0.1, -0.05) is 0 Å². The van der Waals surface area contributed by atoms with E-state index in [1.54, 1.807) is 13.4 Å². The van der Waals surface area contributed by atoms with Gasteiger partial charge in [-0.15, -0.1) is 0 Å². The van der Waals surface area contributed by atoms with Crippen molar-refractivity contribution in [1.82, 2.24) is 19.5 Å². The highest BCUT2D eigenvalue weighted by Gasteiger charge is 2.19. The second-order valence-corrected chi connectivity index (χ2v) is 4.77. The summed E-state index contributed by atoms with van der Waals surface area (Å²) in [5, 5.41) is 9.23. The van der Waals surface area contributed by atoms with Crippen LogP contribution in [0.2, 0.25) is 0 Å². The molecule has 0 saturated heterocycles. The number of anilines is 1.